The van der Waals surface area contributed by atoms with Crippen molar-refractivity contribution in [2.24, 2.45) is 0 Å². The molecule has 3 aromatic heterocycles. The fourth-order valence-corrected chi connectivity index (χ4v) is 1.94. The maximum Gasteiger partial charge on any atom is 0.406 e. The van der Waals surface area contributed by atoms with Crippen LogP contribution in [0.4, 0.5) is 13.2 Å². The van der Waals surface area contributed by atoms with E-state index in [9.17, 15) is 13.2 Å². The topological polar surface area (TPSA) is 59.4 Å². The van der Waals surface area contributed by atoms with Crippen molar-refractivity contribution in [3.8, 4) is 11.4 Å². The summed E-state index contributed by atoms with van der Waals surface area (Å²) in [6.45, 7) is 0.461. The van der Waals surface area contributed by atoms with Crippen LogP contribution in [0.15, 0.2) is 24.7 Å². The standard InChI is InChI=1S/C12H10F3N5/c1-7-18-10(5-20(7)6-12(13,14)15)9-4-17-11-8(19-9)2-3-16-11/h2-5H,6H2,1H3,(H,16,17). The first-order valence-electron chi connectivity index (χ1n) is 5.83. The van der Waals surface area contributed by atoms with Crippen LogP contribution in [0.5, 0.6) is 0 Å². The lowest BCUT2D eigenvalue weighted by Crippen LogP contribution is -2.17. The van der Waals surface area contributed by atoms with Gasteiger partial charge in [0.2, 0.25) is 0 Å². The zero-order valence-corrected chi connectivity index (χ0v) is 10.4. The highest BCUT2D eigenvalue weighted by Crippen LogP contribution is 2.22. The minimum atomic E-state index is -4.28. The molecule has 0 unspecified atom stereocenters. The molecule has 104 valence electrons. The number of aryl methyl sites for hydroxylation is 1. The maximum absolute atomic E-state index is 12.4. The number of aromatic amines is 1. The second kappa shape index (κ2) is 4.32. The van der Waals surface area contributed by atoms with Crippen LogP contribution in [-0.4, -0.2) is 30.7 Å². The molecule has 0 aromatic carbocycles. The third kappa shape index (κ3) is 2.36. The van der Waals surface area contributed by atoms with Gasteiger partial charge in [-0.05, 0) is 13.0 Å². The molecule has 0 bridgehead atoms. The Morgan fingerprint density at radius 2 is 2.05 bits per heavy atom. The quantitative estimate of drug-likeness (QED) is 0.785. The van der Waals surface area contributed by atoms with E-state index in [1.165, 1.54) is 19.3 Å². The zero-order chi connectivity index (χ0) is 14.3. The molecule has 0 spiro atoms. The smallest absolute Gasteiger partial charge is 0.345 e. The first-order chi connectivity index (χ1) is 9.42. The number of aromatic nitrogens is 5. The van der Waals surface area contributed by atoms with Crippen molar-refractivity contribution in [3.05, 3.63) is 30.5 Å². The van der Waals surface area contributed by atoms with Crippen LogP contribution in [0.25, 0.3) is 22.6 Å². The Hall–Kier alpha value is -2.38. The molecule has 3 rings (SSSR count). The Balaban J connectivity index is 1.99. The summed E-state index contributed by atoms with van der Waals surface area (Å²) < 4.78 is 38.3. The van der Waals surface area contributed by atoms with E-state index in [1.807, 2.05) is 0 Å². The molecule has 0 radical (unpaired) electrons. The van der Waals surface area contributed by atoms with E-state index >= 15 is 0 Å². The van der Waals surface area contributed by atoms with Gasteiger partial charge >= 0.3 is 6.18 Å². The molecular formula is C12H10F3N5. The average molecular weight is 281 g/mol. The van der Waals surface area contributed by atoms with Gasteiger partial charge in [-0.3, -0.25) is 0 Å². The maximum atomic E-state index is 12.4. The Bertz CT molecular complexity index is 756. The van der Waals surface area contributed by atoms with Gasteiger partial charge in [0.15, 0.2) is 5.65 Å². The van der Waals surface area contributed by atoms with E-state index in [0.29, 0.717) is 22.6 Å². The largest absolute Gasteiger partial charge is 0.406 e. The molecule has 8 heteroatoms. The minimum absolute atomic E-state index is 0.285. The van der Waals surface area contributed by atoms with Gasteiger partial charge in [-0.1, -0.05) is 0 Å². The summed E-state index contributed by atoms with van der Waals surface area (Å²) in [5.74, 6) is 0.285. The van der Waals surface area contributed by atoms with Crippen LogP contribution in [0.1, 0.15) is 5.82 Å². The van der Waals surface area contributed by atoms with Crippen molar-refractivity contribution in [3.63, 3.8) is 0 Å². The predicted molar refractivity (Wildman–Crippen MR) is 65.9 cm³/mol. The molecule has 0 aliphatic heterocycles. The van der Waals surface area contributed by atoms with Gasteiger partial charge in [-0.2, -0.15) is 13.2 Å². The normalized spacial score (nSPS) is 12.2. The Labute approximate surface area is 111 Å². The number of hydrogen-bond donors (Lipinski definition) is 1. The van der Waals surface area contributed by atoms with Crippen molar-refractivity contribution in [1.29, 1.82) is 0 Å². The number of halogens is 3. The highest BCUT2D eigenvalue weighted by atomic mass is 19.4. The van der Waals surface area contributed by atoms with Crippen LogP contribution in [0, 0.1) is 6.92 Å². The summed E-state index contributed by atoms with van der Waals surface area (Å²) in [5.41, 5.74) is 2.09. The molecule has 3 heterocycles. The SMILES string of the molecule is Cc1nc(-c2cnc3[nH]ccc3n2)cn1CC(F)(F)F. The number of nitrogens with one attached hydrogen (secondary N) is 1. The van der Waals surface area contributed by atoms with Crippen molar-refractivity contribution < 1.29 is 13.2 Å². The minimum Gasteiger partial charge on any atom is -0.345 e. The first-order valence-corrected chi connectivity index (χ1v) is 5.83. The summed E-state index contributed by atoms with van der Waals surface area (Å²) in [6, 6.07) is 1.74. The number of rotatable bonds is 2. The van der Waals surface area contributed by atoms with Gasteiger partial charge in [0.25, 0.3) is 0 Å². The zero-order valence-electron chi connectivity index (χ0n) is 10.4. The molecule has 0 saturated carbocycles. The van der Waals surface area contributed by atoms with Crippen LogP contribution in [0.2, 0.25) is 0 Å². The summed E-state index contributed by atoms with van der Waals surface area (Å²) in [5, 5.41) is 0. The number of alkyl halides is 3. The third-order valence-corrected chi connectivity index (χ3v) is 2.85. The second-order valence-electron chi connectivity index (χ2n) is 4.38. The summed E-state index contributed by atoms with van der Waals surface area (Å²) in [7, 11) is 0. The lowest BCUT2D eigenvalue weighted by atomic mass is 10.3. The van der Waals surface area contributed by atoms with Gasteiger partial charge in [0.05, 0.1) is 6.20 Å². The molecule has 0 atom stereocenters. The Kier molecular flexibility index (Phi) is 2.73. The molecule has 1 N–H and O–H groups in total. The summed E-state index contributed by atoms with van der Waals surface area (Å²) >= 11 is 0. The predicted octanol–water partition coefficient (Wildman–Crippen LogP) is 2.69. The molecule has 0 aliphatic carbocycles. The van der Waals surface area contributed by atoms with Gasteiger partial charge < -0.3 is 9.55 Å². The van der Waals surface area contributed by atoms with Crippen molar-refractivity contribution in [2.45, 2.75) is 19.6 Å². The fraction of sp³-hybridized carbons (Fsp3) is 0.250. The van der Waals surface area contributed by atoms with E-state index in [1.54, 1.807) is 12.3 Å². The summed E-state index contributed by atoms with van der Waals surface area (Å²) in [6.07, 6.45) is 0.241. The Morgan fingerprint density at radius 3 is 2.80 bits per heavy atom. The van der Waals surface area contributed by atoms with Crippen molar-refractivity contribution in [2.75, 3.05) is 0 Å². The van der Waals surface area contributed by atoms with E-state index in [-0.39, 0.29) is 5.82 Å². The van der Waals surface area contributed by atoms with E-state index in [4.69, 9.17) is 0 Å². The van der Waals surface area contributed by atoms with Gasteiger partial charge in [0.1, 0.15) is 29.3 Å². The van der Waals surface area contributed by atoms with Gasteiger partial charge in [0, 0.05) is 12.4 Å². The molecule has 20 heavy (non-hydrogen) atoms. The van der Waals surface area contributed by atoms with E-state index < -0.39 is 12.7 Å². The molecular weight excluding hydrogens is 271 g/mol. The number of imidazole rings is 1. The van der Waals surface area contributed by atoms with Gasteiger partial charge in [-0.15, -0.1) is 0 Å². The molecule has 0 aliphatic rings. The Morgan fingerprint density at radius 1 is 1.25 bits per heavy atom. The molecule has 3 aromatic rings. The van der Waals surface area contributed by atoms with Crippen molar-refractivity contribution in [1.82, 2.24) is 24.5 Å². The third-order valence-electron chi connectivity index (χ3n) is 2.85. The van der Waals surface area contributed by atoms with Crippen LogP contribution >= 0.6 is 0 Å². The van der Waals surface area contributed by atoms with Crippen LogP contribution in [0.3, 0.4) is 0 Å². The number of hydrogen-bond acceptors (Lipinski definition) is 3. The average Bonchev–Trinajstić information content (AvgIpc) is 2.94. The molecule has 5 nitrogen and oxygen atoms in total. The summed E-state index contributed by atoms with van der Waals surface area (Å²) in [4.78, 5) is 15.5. The van der Waals surface area contributed by atoms with E-state index in [0.717, 1.165) is 4.57 Å². The number of nitrogens with zero attached hydrogens (tertiary/aromatic N) is 4. The van der Waals surface area contributed by atoms with Gasteiger partial charge in [-0.25, -0.2) is 15.0 Å². The second-order valence-corrected chi connectivity index (χ2v) is 4.38. The lowest BCUT2D eigenvalue weighted by Gasteiger charge is -2.07. The van der Waals surface area contributed by atoms with E-state index in [2.05, 4.69) is 19.9 Å². The number of fused-ring (bicyclic) bond motifs is 1. The van der Waals surface area contributed by atoms with Crippen LogP contribution in [-0.2, 0) is 6.54 Å². The van der Waals surface area contributed by atoms with Crippen molar-refractivity contribution >= 4 is 11.2 Å². The first kappa shape index (κ1) is 12.6. The molecule has 0 saturated heterocycles. The fourth-order valence-electron chi connectivity index (χ4n) is 1.94. The monoisotopic (exact) mass is 281 g/mol. The van der Waals surface area contributed by atoms with Crippen LogP contribution < -0.4 is 0 Å². The lowest BCUT2D eigenvalue weighted by molar-refractivity contribution is -0.140. The highest BCUT2D eigenvalue weighted by Gasteiger charge is 2.29. The molecule has 0 amide bonds. The molecule has 0 fully saturated rings. The highest BCUT2D eigenvalue weighted by molar-refractivity contribution is 5.73. The number of H-pyrrole nitrogens is 1.